The summed E-state index contributed by atoms with van der Waals surface area (Å²) in [6.45, 7) is 3.63. The molecule has 0 saturated carbocycles. The first kappa shape index (κ1) is 19.8. The summed E-state index contributed by atoms with van der Waals surface area (Å²) in [5.41, 5.74) is 2.72. The normalized spacial score (nSPS) is 10.2. The molecule has 1 aromatic heterocycles. The van der Waals surface area contributed by atoms with Gasteiger partial charge in [0.1, 0.15) is 11.5 Å². The van der Waals surface area contributed by atoms with E-state index < -0.39 is 0 Å². The van der Waals surface area contributed by atoms with E-state index in [2.05, 4.69) is 17.4 Å². The van der Waals surface area contributed by atoms with Crippen molar-refractivity contribution in [2.45, 2.75) is 20.0 Å². The first-order valence-corrected chi connectivity index (χ1v) is 8.37. The van der Waals surface area contributed by atoms with Crippen molar-refractivity contribution >= 4 is 18.4 Å². The zero-order valence-corrected chi connectivity index (χ0v) is 15.4. The standard InChI is InChI=1S/C21H21NO3.ClH/c1-2-24-21(23)18-10-8-17(9-11-18)20-13-12-19(25-20)15-22-14-16-6-4-3-5-7-16;/h3-13,22H,2,14-15H2,1H3;1H. The van der Waals surface area contributed by atoms with Crippen LogP contribution in [-0.4, -0.2) is 12.6 Å². The van der Waals surface area contributed by atoms with Gasteiger partial charge in [0, 0.05) is 12.1 Å². The Bertz CT molecular complexity index is 813. The number of halogens is 1. The zero-order chi connectivity index (χ0) is 17.5. The van der Waals surface area contributed by atoms with Crippen molar-refractivity contribution in [1.29, 1.82) is 0 Å². The molecule has 0 saturated heterocycles. The van der Waals surface area contributed by atoms with E-state index in [0.29, 0.717) is 18.7 Å². The minimum absolute atomic E-state index is 0. The number of carbonyl (C=O) groups excluding carboxylic acids is 1. The van der Waals surface area contributed by atoms with Crippen molar-refractivity contribution in [2.24, 2.45) is 0 Å². The number of hydrogen-bond acceptors (Lipinski definition) is 4. The van der Waals surface area contributed by atoms with E-state index in [9.17, 15) is 4.79 Å². The fourth-order valence-electron chi connectivity index (χ4n) is 2.54. The molecule has 136 valence electrons. The molecular formula is C21H22ClNO3. The molecule has 2 aromatic carbocycles. The molecule has 0 aliphatic rings. The molecule has 0 atom stereocenters. The molecule has 0 bridgehead atoms. The van der Waals surface area contributed by atoms with Crippen molar-refractivity contribution in [1.82, 2.24) is 5.32 Å². The van der Waals surface area contributed by atoms with E-state index in [1.165, 1.54) is 5.56 Å². The first-order valence-electron chi connectivity index (χ1n) is 8.37. The largest absolute Gasteiger partial charge is 0.462 e. The van der Waals surface area contributed by atoms with Gasteiger partial charge in [-0.05, 0) is 36.8 Å². The maximum Gasteiger partial charge on any atom is 0.338 e. The Morgan fingerprint density at radius 3 is 2.38 bits per heavy atom. The fraction of sp³-hybridized carbons (Fsp3) is 0.190. The topological polar surface area (TPSA) is 51.5 Å². The molecule has 0 unspecified atom stereocenters. The molecule has 0 amide bonds. The Morgan fingerprint density at radius 1 is 0.962 bits per heavy atom. The summed E-state index contributed by atoms with van der Waals surface area (Å²) in [6, 6.07) is 21.4. The van der Waals surface area contributed by atoms with Crippen LogP contribution in [0.4, 0.5) is 0 Å². The summed E-state index contributed by atoms with van der Waals surface area (Å²) in [5, 5.41) is 3.37. The maximum atomic E-state index is 11.7. The highest BCUT2D eigenvalue weighted by molar-refractivity contribution is 5.89. The van der Waals surface area contributed by atoms with E-state index in [0.717, 1.165) is 23.6 Å². The molecule has 26 heavy (non-hydrogen) atoms. The average molecular weight is 372 g/mol. The SMILES string of the molecule is CCOC(=O)c1ccc(-c2ccc(CNCc3ccccc3)o2)cc1.Cl. The summed E-state index contributed by atoms with van der Waals surface area (Å²) < 4.78 is 10.9. The van der Waals surface area contributed by atoms with E-state index in [1.54, 1.807) is 19.1 Å². The Balaban J connectivity index is 0.00000243. The molecule has 1 heterocycles. The maximum absolute atomic E-state index is 11.7. The number of nitrogens with one attached hydrogen (secondary N) is 1. The van der Waals surface area contributed by atoms with Crippen molar-refractivity contribution in [3.63, 3.8) is 0 Å². The summed E-state index contributed by atoms with van der Waals surface area (Å²) in [6.07, 6.45) is 0. The lowest BCUT2D eigenvalue weighted by atomic mass is 10.1. The van der Waals surface area contributed by atoms with E-state index in [1.807, 2.05) is 42.5 Å². The highest BCUT2D eigenvalue weighted by atomic mass is 35.5. The third kappa shape index (κ3) is 5.22. The lowest BCUT2D eigenvalue weighted by Gasteiger charge is -2.04. The van der Waals surface area contributed by atoms with Gasteiger partial charge in [-0.15, -0.1) is 12.4 Å². The average Bonchev–Trinajstić information content (AvgIpc) is 3.12. The molecule has 0 fully saturated rings. The van der Waals surface area contributed by atoms with Crippen LogP contribution in [0.1, 0.15) is 28.6 Å². The monoisotopic (exact) mass is 371 g/mol. The summed E-state index contributed by atoms with van der Waals surface area (Å²) >= 11 is 0. The molecule has 3 rings (SSSR count). The quantitative estimate of drug-likeness (QED) is 0.604. The van der Waals surface area contributed by atoms with Crippen molar-refractivity contribution in [3.8, 4) is 11.3 Å². The van der Waals surface area contributed by atoms with Crippen molar-refractivity contribution in [2.75, 3.05) is 6.61 Å². The number of carbonyl (C=O) groups is 1. The number of furan rings is 1. The zero-order valence-electron chi connectivity index (χ0n) is 14.6. The Kier molecular flexibility index (Phi) is 7.45. The smallest absolute Gasteiger partial charge is 0.338 e. The number of hydrogen-bond donors (Lipinski definition) is 1. The van der Waals surface area contributed by atoms with Crippen LogP contribution in [0.25, 0.3) is 11.3 Å². The second kappa shape index (κ2) is 9.80. The highest BCUT2D eigenvalue weighted by Crippen LogP contribution is 2.23. The first-order chi connectivity index (χ1) is 12.3. The predicted molar refractivity (Wildman–Crippen MR) is 104 cm³/mol. The van der Waals surface area contributed by atoms with E-state index in [-0.39, 0.29) is 18.4 Å². The minimum Gasteiger partial charge on any atom is -0.462 e. The Labute approximate surface area is 159 Å². The molecule has 0 radical (unpaired) electrons. The van der Waals surface area contributed by atoms with Crippen LogP contribution in [0.3, 0.4) is 0 Å². The number of esters is 1. The van der Waals surface area contributed by atoms with Gasteiger partial charge < -0.3 is 14.5 Å². The Morgan fingerprint density at radius 2 is 1.69 bits per heavy atom. The predicted octanol–water partition coefficient (Wildman–Crippen LogP) is 4.83. The van der Waals surface area contributed by atoms with Gasteiger partial charge >= 0.3 is 5.97 Å². The highest BCUT2D eigenvalue weighted by Gasteiger charge is 2.08. The summed E-state index contributed by atoms with van der Waals surface area (Å²) in [5.74, 6) is 1.35. The van der Waals surface area contributed by atoms with Crippen LogP contribution in [0.15, 0.2) is 71.1 Å². The molecule has 3 aromatic rings. The van der Waals surface area contributed by atoms with Gasteiger partial charge in [0.25, 0.3) is 0 Å². The van der Waals surface area contributed by atoms with Crippen LogP contribution in [0.2, 0.25) is 0 Å². The third-order valence-corrected chi connectivity index (χ3v) is 3.81. The second-order valence-electron chi connectivity index (χ2n) is 5.65. The van der Waals surface area contributed by atoms with E-state index in [4.69, 9.17) is 9.15 Å². The second-order valence-corrected chi connectivity index (χ2v) is 5.65. The number of benzene rings is 2. The summed E-state index contributed by atoms with van der Waals surface area (Å²) in [7, 11) is 0. The molecule has 0 aliphatic heterocycles. The third-order valence-electron chi connectivity index (χ3n) is 3.81. The number of rotatable bonds is 7. The van der Waals surface area contributed by atoms with Crippen molar-refractivity contribution in [3.05, 3.63) is 83.6 Å². The molecule has 0 aliphatic carbocycles. The van der Waals surface area contributed by atoms with Crippen LogP contribution >= 0.6 is 12.4 Å². The summed E-state index contributed by atoms with van der Waals surface area (Å²) in [4.78, 5) is 11.7. The van der Waals surface area contributed by atoms with Gasteiger partial charge in [-0.3, -0.25) is 0 Å². The minimum atomic E-state index is -0.306. The molecule has 5 heteroatoms. The molecule has 0 spiro atoms. The molecule has 1 N–H and O–H groups in total. The van der Waals surface area contributed by atoms with Crippen molar-refractivity contribution < 1.29 is 13.9 Å². The van der Waals surface area contributed by atoms with Gasteiger partial charge in [-0.1, -0.05) is 42.5 Å². The van der Waals surface area contributed by atoms with Gasteiger partial charge in [0.05, 0.1) is 18.7 Å². The molecule has 4 nitrogen and oxygen atoms in total. The molecular weight excluding hydrogens is 350 g/mol. The van der Waals surface area contributed by atoms with Gasteiger partial charge in [0.2, 0.25) is 0 Å². The van der Waals surface area contributed by atoms with Crippen LogP contribution in [-0.2, 0) is 17.8 Å². The Hall–Kier alpha value is -2.56. The number of ether oxygens (including phenoxy) is 1. The lowest BCUT2D eigenvalue weighted by Crippen LogP contribution is -2.11. The fourth-order valence-corrected chi connectivity index (χ4v) is 2.54. The van der Waals surface area contributed by atoms with Gasteiger partial charge in [-0.2, -0.15) is 0 Å². The van der Waals surface area contributed by atoms with Gasteiger partial charge in [-0.25, -0.2) is 4.79 Å². The van der Waals surface area contributed by atoms with Crippen LogP contribution < -0.4 is 5.32 Å². The van der Waals surface area contributed by atoms with Crippen LogP contribution in [0.5, 0.6) is 0 Å². The van der Waals surface area contributed by atoms with Crippen LogP contribution in [0, 0.1) is 0 Å². The lowest BCUT2D eigenvalue weighted by molar-refractivity contribution is 0.0526. The van der Waals surface area contributed by atoms with E-state index >= 15 is 0 Å². The van der Waals surface area contributed by atoms with Gasteiger partial charge in [0.15, 0.2) is 0 Å².